The van der Waals surface area contributed by atoms with Crippen LogP contribution < -0.4 is 10.1 Å². The van der Waals surface area contributed by atoms with Gasteiger partial charge in [0.25, 0.3) is 5.91 Å². The van der Waals surface area contributed by atoms with Crippen LogP contribution in [0.15, 0.2) is 78.9 Å². The van der Waals surface area contributed by atoms with Crippen LogP contribution in [0.4, 0.5) is 5.69 Å². The molecule has 0 fully saturated rings. The summed E-state index contributed by atoms with van der Waals surface area (Å²) in [5, 5.41) is 3.11. The standard InChI is InChI=1S/C20H14ClNO3/c21-18-9-5-4-8-17(18)20(24)25-16-12-10-15(11-13-16)22-19(23)14-6-2-1-3-7-14/h1-13H,(H,22,23). The van der Waals surface area contributed by atoms with E-state index in [-0.39, 0.29) is 5.91 Å². The van der Waals surface area contributed by atoms with E-state index in [2.05, 4.69) is 5.32 Å². The Morgan fingerprint density at radius 3 is 2.12 bits per heavy atom. The van der Waals surface area contributed by atoms with Crippen LogP contribution in [-0.4, -0.2) is 11.9 Å². The van der Waals surface area contributed by atoms with Gasteiger partial charge in [0.05, 0.1) is 10.6 Å². The second-order valence-electron chi connectivity index (χ2n) is 5.21. The molecule has 0 aliphatic rings. The number of carbonyl (C=O) groups excluding carboxylic acids is 2. The molecular weight excluding hydrogens is 338 g/mol. The van der Waals surface area contributed by atoms with Gasteiger partial charge in [0, 0.05) is 11.3 Å². The second-order valence-corrected chi connectivity index (χ2v) is 5.62. The molecular formula is C20H14ClNO3. The third-order valence-corrected chi connectivity index (χ3v) is 3.78. The Morgan fingerprint density at radius 1 is 0.800 bits per heavy atom. The number of esters is 1. The molecule has 1 N–H and O–H groups in total. The van der Waals surface area contributed by atoms with Crippen molar-refractivity contribution in [1.82, 2.24) is 0 Å². The first-order valence-corrected chi connectivity index (χ1v) is 7.94. The fraction of sp³-hybridized carbons (Fsp3) is 0. The van der Waals surface area contributed by atoms with E-state index in [9.17, 15) is 9.59 Å². The molecule has 3 aromatic rings. The Morgan fingerprint density at radius 2 is 1.44 bits per heavy atom. The van der Waals surface area contributed by atoms with Crippen LogP contribution in [0.5, 0.6) is 5.75 Å². The van der Waals surface area contributed by atoms with Crippen LogP contribution in [0.25, 0.3) is 0 Å². The van der Waals surface area contributed by atoms with Crippen LogP contribution in [0.1, 0.15) is 20.7 Å². The van der Waals surface area contributed by atoms with Gasteiger partial charge in [-0.3, -0.25) is 4.79 Å². The number of carbonyl (C=O) groups is 2. The van der Waals surface area contributed by atoms with Crippen molar-refractivity contribution in [3.63, 3.8) is 0 Å². The quantitative estimate of drug-likeness (QED) is 0.542. The highest BCUT2D eigenvalue weighted by Crippen LogP contribution is 2.20. The molecule has 4 nitrogen and oxygen atoms in total. The fourth-order valence-corrected chi connectivity index (χ4v) is 2.40. The minimum Gasteiger partial charge on any atom is -0.423 e. The van der Waals surface area contributed by atoms with E-state index in [0.29, 0.717) is 27.6 Å². The average Bonchev–Trinajstić information content (AvgIpc) is 2.64. The van der Waals surface area contributed by atoms with Crippen LogP contribution >= 0.6 is 11.6 Å². The second kappa shape index (κ2) is 7.64. The van der Waals surface area contributed by atoms with Crippen molar-refractivity contribution in [2.45, 2.75) is 0 Å². The summed E-state index contributed by atoms with van der Waals surface area (Å²) in [7, 11) is 0. The first-order valence-electron chi connectivity index (χ1n) is 7.56. The number of benzene rings is 3. The molecule has 0 radical (unpaired) electrons. The molecule has 0 aliphatic heterocycles. The highest BCUT2D eigenvalue weighted by Gasteiger charge is 2.12. The summed E-state index contributed by atoms with van der Waals surface area (Å²) >= 11 is 5.98. The monoisotopic (exact) mass is 351 g/mol. The molecule has 0 aromatic heterocycles. The third kappa shape index (κ3) is 4.25. The SMILES string of the molecule is O=C(Nc1ccc(OC(=O)c2ccccc2Cl)cc1)c1ccccc1. The Hall–Kier alpha value is -3.11. The number of amides is 1. The van der Waals surface area contributed by atoms with E-state index in [1.165, 1.54) is 0 Å². The highest BCUT2D eigenvalue weighted by molar-refractivity contribution is 6.33. The molecule has 0 spiro atoms. The van der Waals surface area contributed by atoms with Crippen molar-refractivity contribution in [3.05, 3.63) is 95.0 Å². The lowest BCUT2D eigenvalue weighted by Crippen LogP contribution is -2.12. The zero-order valence-corrected chi connectivity index (χ0v) is 13.9. The zero-order valence-electron chi connectivity index (χ0n) is 13.1. The first-order chi connectivity index (χ1) is 12.1. The number of anilines is 1. The van der Waals surface area contributed by atoms with Gasteiger partial charge in [-0.15, -0.1) is 0 Å². The number of halogens is 1. The summed E-state index contributed by atoms with van der Waals surface area (Å²) in [6.07, 6.45) is 0. The lowest BCUT2D eigenvalue weighted by molar-refractivity contribution is 0.0734. The summed E-state index contributed by atoms with van der Waals surface area (Å²) in [5.74, 6) is -0.379. The van der Waals surface area contributed by atoms with Crippen molar-refractivity contribution in [3.8, 4) is 5.75 Å². The maximum atomic E-state index is 12.1. The molecule has 25 heavy (non-hydrogen) atoms. The first kappa shape index (κ1) is 16.7. The molecule has 1 amide bonds. The molecule has 3 aromatic carbocycles. The Bertz CT molecular complexity index is 892. The molecule has 0 unspecified atom stereocenters. The van der Waals surface area contributed by atoms with Crippen LogP contribution in [0, 0.1) is 0 Å². The number of rotatable bonds is 4. The molecule has 124 valence electrons. The van der Waals surface area contributed by atoms with E-state index < -0.39 is 5.97 Å². The molecule has 0 atom stereocenters. The zero-order chi connectivity index (χ0) is 17.6. The predicted molar refractivity (Wildman–Crippen MR) is 97.2 cm³/mol. The van der Waals surface area contributed by atoms with Gasteiger partial charge in [0.1, 0.15) is 5.75 Å². The molecule has 0 saturated heterocycles. The fourth-order valence-electron chi connectivity index (χ4n) is 2.19. The van der Waals surface area contributed by atoms with E-state index >= 15 is 0 Å². The number of hydrogen-bond acceptors (Lipinski definition) is 3. The summed E-state index contributed by atoms with van der Waals surface area (Å²) in [5.41, 5.74) is 1.47. The van der Waals surface area contributed by atoms with E-state index in [1.54, 1.807) is 72.8 Å². The summed E-state index contributed by atoms with van der Waals surface area (Å²) < 4.78 is 5.29. The third-order valence-electron chi connectivity index (χ3n) is 3.45. The molecule has 0 saturated carbocycles. The predicted octanol–water partition coefficient (Wildman–Crippen LogP) is 4.81. The Kier molecular flexibility index (Phi) is 5.11. The molecule has 0 aliphatic carbocycles. The van der Waals surface area contributed by atoms with Gasteiger partial charge in [0.2, 0.25) is 0 Å². The minimum absolute atomic E-state index is 0.207. The van der Waals surface area contributed by atoms with E-state index in [0.717, 1.165) is 0 Å². The van der Waals surface area contributed by atoms with Crippen molar-refractivity contribution in [2.24, 2.45) is 0 Å². The van der Waals surface area contributed by atoms with Gasteiger partial charge in [0.15, 0.2) is 0 Å². The number of hydrogen-bond donors (Lipinski definition) is 1. The van der Waals surface area contributed by atoms with Gasteiger partial charge in [-0.05, 0) is 48.5 Å². The van der Waals surface area contributed by atoms with Gasteiger partial charge < -0.3 is 10.1 Å². The van der Waals surface area contributed by atoms with E-state index in [1.807, 2.05) is 6.07 Å². The van der Waals surface area contributed by atoms with Crippen molar-refractivity contribution < 1.29 is 14.3 Å². The van der Waals surface area contributed by atoms with Crippen molar-refractivity contribution >= 4 is 29.2 Å². The number of nitrogens with one attached hydrogen (secondary N) is 1. The van der Waals surface area contributed by atoms with Gasteiger partial charge in [-0.1, -0.05) is 41.9 Å². The molecule has 0 heterocycles. The normalized spacial score (nSPS) is 10.1. The smallest absolute Gasteiger partial charge is 0.345 e. The molecule has 5 heteroatoms. The van der Waals surface area contributed by atoms with Crippen LogP contribution in [0.3, 0.4) is 0 Å². The lowest BCUT2D eigenvalue weighted by Gasteiger charge is -2.08. The maximum absolute atomic E-state index is 12.1. The van der Waals surface area contributed by atoms with Crippen LogP contribution in [-0.2, 0) is 0 Å². The Balaban J connectivity index is 1.65. The van der Waals surface area contributed by atoms with Crippen molar-refractivity contribution in [2.75, 3.05) is 5.32 Å². The van der Waals surface area contributed by atoms with Crippen molar-refractivity contribution in [1.29, 1.82) is 0 Å². The summed E-state index contributed by atoms with van der Waals surface area (Å²) in [6.45, 7) is 0. The van der Waals surface area contributed by atoms with Gasteiger partial charge >= 0.3 is 5.97 Å². The number of ether oxygens (including phenoxy) is 1. The average molecular weight is 352 g/mol. The Labute approximate surface area is 150 Å². The highest BCUT2D eigenvalue weighted by atomic mass is 35.5. The van der Waals surface area contributed by atoms with Gasteiger partial charge in [-0.2, -0.15) is 0 Å². The topological polar surface area (TPSA) is 55.4 Å². The van der Waals surface area contributed by atoms with E-state index in [4.69, 9.17) is 16.3 Å². The largest absolute Gasteiger partial charge is 0.423 e. The van der Waals surface area contributed by atoms with Crippen LogP contribution in [0.2, 0.25) is 5.02 Å². The molecule has 3 rings (SSSR count). The van der Waals surface area contributed by atoms with Gasteiger partial charge in [-0.25, -0.2) is 4.79 Å². The summed E-state index contributed by atoms with van der Waals surface area (Å²) in [6, 6.07) is 22.1. The minimum atomic E-state index is -0.535. The maximum Gasteiger partial charge on any atom is 0.345 e. The lowest BCUT2D eigenvalue weighted by atomic mass is 10.2. The summed E-state index contributed by atoms with van der Waals surface area (Å²) in [4.78, 5) is 24.2. The molecule has 0 bridgehead atoms.